The number of primary amides is 1. The average Bonchev–Trinajstić information content (AvgIpc) is 2.49. The number of aryl methyl sites for hydroxylation is 2. The first-order valence-corrected chi connectivity index (χ1v) is 7.23. The van der Waals surface area contributed by atoms with E-state index in [1.54, 1.807) is 0 Å². The summed E-state index contributed by atoms with van der Waals surface area (Å²) in [7, 11) is 0. The second-order valence-corrected chi connectivity index (χ2v) is 5.29. The van der Waals surface area contributed by atoms with Gasteiger partial charge < -0.3 is 5.73 Å². The summed E-state index contributed by atoms with van der Waals surface area (Å²) in [6, 6.07) is 16.4. The van der Waals surface area contributed by atoms with E-state index in [-0.39, 0.29) is 5.91 Å². The molecular formula is C19H21NO. The van der Waals surface area contributed by atoms with Gasteiger partial charge in [0.1, 0.15) is 0 Å². The van der Waals surface area contributed by atoms with Crippen molar-refractivity contribution >= 4 is 12.0 Å². The van der Waals surface area contributed by atoms with Crippen molar-refractivity contribution in [1.29, 1.82) is 0 Å². The van der Waals surface area contributed by atoms with Crippen molar-refractivity contribution in [2.75, 3.05) is 0 Å². The molecule has 0 atom stereocenters. The van der Waals surface area contributed by atoms with Crippen LogP contribution in [0, 0.1) is 6.92 Å². The normalized spacial score (nSPS) is 11.4. The van der Waals surface area contributed by atoms with Crippen LogP contribution in [0.4, 0.5) is 0 Å². The molecule has 0 aromatic heterocycles. The van der Waals surface area contributed by atoms with Gasteiger partial charge in [-0.25, -0.2) is 0 Å². The minimum Gasteiger partial charge on any atom is -0.366 e. The van der Waals surface area contributed by atoms with Crippen molar-refractivity contribution in [2.24, 2.45) is 5.73 Å². The van der Waals surface area contributed by atoms with Gasteiger partial charge in [-0.05, 0) is 36.1 Å². The lowest BCUT2D eigenvalue weighted by Gasteiger charge is -2.06. The summed E-state index contributed by atoms with van der Waals surface area (Å²) in [4.78, 5) is 11.7. The van der Waals surface area contributed by atoms with E-state index in [1.807, 2.05) is 37.3 Å². The van der Waals surface area contributed by atoms with Crippen LogP contribution in [0.2, 0.25) is 0 Å². The van der Waals surface area contributed by atoms with E-state index in [0.717, 1.165) is 17.5 Å². The highest BCUT2D eigenvalue weighted by molar-refractivity contribution is 5.97. The maximum Gasteiger partial charge on any atom is 0.244 e. The topological polar surface area (TPSA) is 43.1 Å². The van der Waals surface area contributed by atoms with Crippen LogP contribution in [0.1, 0.15) is 29.2 Å². The number of hydrogen-bond acceptors (Lipinski definition) is 1. The maximum absolute atomic E-state index is 11.7. The summed E-state index contributed by atoms with van der Waals surface area (Å²) in [5, 5.41) is 0. The quantitative estimate of drug-likeness (QED) is 0.834. The van der Waals surface area contributed by atoms with Crippen molar-refractivity contribution in [3.63, 3.8) is 0 Å². The van der Waals surface area contributed by atoms with Gasteiger partial charge in [0.15, 0.2) is 0 Å². The Kier molecular flexibility index (Phi) is 4.94. The fourth-order valence-corrected chi connectivity index (χ4v) is 2.19. The van der Waals surface area contributed by atoms with E-state index < -0.39 is 0 Å². The van der Waals surface area contributed by atoms with Gasteiger partial charge in [0, 0.05) is 12.0 Å². The van der Waals surface area contributed by atoms with Crippen LogP contribution >= 0.6 is 0 Å². The lowest BCUT2D eigenvalue weighted by Crippen LogP contribution is -2.15. The zero-order valence-corrected chi connectivity index (χ0v) is 12.6. The molecule has 0 heterocycles. The largest absolute Gasteiger partial charge is 0.366 e. The zero-order valence-electron chi connectivity index (χ0n) is 12.6. The van der Waals surface area contributed by atoms with Gasteiger partial charge in [0.25, 0.3) is 0 Å². The molecule has 2 aromatic carbocycles. The summed E-state index contributed by atoms with van der Waals surface area (Å²) in [5.41, 5.74) is 10.7. The van der Waals surface area contributed by atoms with Gasteiger partial charge in [-0.2, -0.15) is 0 Å². The lowest BCUT2D eigenvalue weighted by atomic mass is 10.00. The lowest BCUT2D eigenvalue weighted by molar-refractivity contribution is -0.114. The van der Waals surface area contributed by atoms with E-state index in [4.69, 9.17) is 5.73 Å². The molecule has 2 rings (SSSR count). The monoisotopic (exact) mass is 279 g/mol. The van der Waals surface area contributed by atoms with Gasteiger partial charge in [0.05, 0.1) is 0 Å². The summed E-state index contributed by atoms with van der Waals surface area (Å²) < 4.78 is 0. The molecule has 0 spiro atoms. The summed E-state index contributed by atoms with van der Waals surface area (Å²) in [6.07, 6.45) is 3.45. The van der Waals surface area contributed by atoms with Gasteiger partial charge in [-0.15, -0.1) is 0 Å². The van der Waals surface area contributed by atoms with E-state index in [2.05, 4.69) is 31.2 Å². The van der Waals surface area contributed by atoms with Gasteiger partial charge in [0.2, 0.25) is 5.91 Å². The minimum atomic E-state index is -0.366. The van der Waals surface area contributed by atoms with Crippen LogP contribution in [0.3, 0.4) is 0 Å². The summed E-state index contributed by atoms with van der Waals surface area (Å²) >= 11 is 0. The van der Waals surface area contributed by atoms with Gasteiger partial charge in [-0.1, -0.05) is 61.0 Å². The first-order valence-electron chi connectivity index (χ1n) is 7.23. The molecule has 0 aliphatic heterocycles. The molecule has 2 heteroatoms. The smallest absolute Gasteiger partial charge is 0.244 e. The maximum atomic E-state index is 11.7. The molecule has 0 aliphatic rings. The second-order valence-electron chi connectivity index (χ2n) is 5.29. The Hall–Kier alpha value is -2.35. The number of hydrogen-bond donors (Lipinski definition) is 1. The molecular weight excluding hydrogens is 258 g/mol. The first kappa shape index (κ1) is 15.0. The molecule has 21 heavy (non-hydrogen) atoms. The third-order valence-electron chi connectivity index (χ3n) is 3.56. The molecule has 2 N–H and O–H groups in total. The molecule has 0 saturated heterocycles. The Morgan fingerprint density at radius 2 is 1.57 bits per heavy atom. The first-order chi connectivity index (χ1) is 10.1. The number of benzene rings is 2. The Morgan fingerprint density at radius 3 is 2.10 bits per heavy atom. The predicted octanol–water partition coefficient (Wildman–Crippen LogP) is 3.67. The molecule has 0 bridgehead atoms. The fraction of sp³-hybridized carbons (Fsp3) is 0.211. The van der Waals surface area contributed by atoms with Crippen molar-refractivity contribution in [3.05, 3.63) is 76.4 Å². The van der Waals surface area contributed by atoms with Gasteiger partial charge >= 0.3 is 0 Å². The van der Waals surface area contributed by atoms with Crippen LogP contribution in [-0.4, -0.2) is 5.91 Å². The fourth-order valence-electron chi connectivity index (χ4n) is 2.19. The van der Waals surface area contributed by atoms with E-state index >= 15 is 0 Å². The van der Waals surface area contributed by atoms with Crippen molar-refractivity contribution in [1.82, 2.24) is 0 Å². The van der Waals surface area contributed by atoms with E-state index in [1.165, 1.54) is 11.1 Å². The number of rotatable bonds is 5. The van der Waals surface area contributed by atoms with Crippen LogP contribution in [0.5, 0.6) is 0 Å². The number of carbonyl (C=O) groups is 1. The number of carbonyl (C=O) groups excluding carboxylic acids is 1. The molecule has 0 radical (unpaired) electrons. The standard InChI is InChI=1S/C19H21NO/c1-3-15-8-10-17(11-9-15)13-18(19(20)21)12-16-6-4-14(2)5-7-16/h4-12H,3,13H2,1-2H3,(H2,20,21)/b18-12-. The summed E-state index contributed by atoms with van der Waals surface area (Å²) in [6.45, 7) is 4.17. The van der Waals surface area contributed by atoms with E-state index in [0.29, 0.717) is 12.0 Å². The molecule has 108 valence electrons. The molecule has 0 unspecified atom stereocenters. The molecule has 0 saturated carbocycles. The predicted molar refractivity (Wildman–Crippen MR) is 87.9 cm³/mol. The zero-order chi connectivity index (χ0) is 15.2. The number of nitrogens with two attached hydrogens (primary N) is 1. The Labute approximate surface area is 126 Å². The highest BCUT2D eigenvalue weighted by Crippen LogP contribution is 2.14. The Balaban J connectivity index is 2.22. The Bertz CT molecular complexity index is 636. The van der Waals surface area contributed by atoms with Crippen LogP contribution in [-0.2, 0) is 17.6 Å². The second kappa shape index (κ2) is 6.89. The third-order valence-corrected chi connectivity index (χ3v) is 3.56. The molecule has 2 nitrogen and oxygen atoms in total. The SMILES string of the molecule is CCc1ccc(C/C(=C/c2ccc(C)cc2)C(N)=O)cc1. The molecule has 2 aromatic rings. The van der Waals surface area contributed by atoms with Gasteiger partial charge in [-0.3, -0.25) is 4.79 Å². The minimum absolute atomic E-state index is 0.366. The highest BCUT2D eigenvalue weighted by atomic mass is 16.1. The van der Waals surface area contributed by atoms with Crippen molar-refractivity contribution < 1.29 is 4.79 Å². The number of amides is 1. The third kappa shape index (κ3) is 4.32. The average molecular weight is 279 g/mol. The Morgan fingerprint density at radius 1 is 1.00 bits per heavy atom. The van der Waals surface area contributed by atoms with Crippen LogP contribution in [0.25, 0.3) is 6.08 Å². The van der Waals surface area contributed by atoms with Crippen molar-refractivity contribution in [2.45, 2.75) is 26.7 Å². The van der Waals surface area contributed by atoms with Crippen LogP contribution < -0.4 is 5.73 Å². The van der Waals surface area contributed by atoms with E-state index in [9.17, 15) is 4.79 Å². The molecule has 0 aliphatic carbocycles. The molecule has 1 amide bonds. The molecule has 0 fully saturated rings. The highest BCUT2D eigenvalue weighted by Gasteiger charge is 2.07. The van der Waals surface area contributed by atoms with Crippen LogP contribution in [0.15, 0.2) is 54.1 Å². The summed E-state index contributed by atoms with van der Waals surface area (Å²) in [5.74, 6) is -0.366. The van der Waals surface area contributed by atoms with Crippen molar-refractivity contribution in [3.8, 4) is 0 Å².